The van der Waals surface area contributed by atoms with Gasteiger partial charge < -0.3 is 5.32 Å². The molecule has 6 rings (SSSR count). The highest BCUT2D eigenvalue weighted by Gasteiger charge is 2.49. The summed E-state index contributed by atoms with van der Waals surface area (Å²) in [7, 11) is 0. The summed E-state index contributed by atoms with van der Waals surface area (Å²) >= 11 is 6.11. The van der Waals surface area contributed by atoms with Crippen molar-refractivity contribution in [3.8, 4) is 0 Å². The van der Waals surface area contributed by atoms with Crippen molar-refractivity contribution in [1.29, 1.82) is 0 Å². The fourth-order valence-corrected chi connectivity index (χ4v) is 5.36. The number of nitrogens with one attached hydrogen (secondary N) is 1. The van der Waals surface area contributed by atoms with Gasteiger partial charge in [-0.15, -0.1) is 5.10 Å². The lowest BCUT2D eigenvalue weighted by Gasteiger charge is -2.31. The third kappa shape index (κ3) is 3.42. The summed E-state index contributed by atoms with van der Waals surface area (Å²) in [6, 6.07) is 16.0. The molecule has 34 heavy (non-hydrogen) atoms. The average molecular weight is 474 g/mol. The first kappa shape index (κ1) is 21.1. The van der Waals surface area contributed by atoms with Gasteiger partial charge >= 0.3 is 0 Å². The maximum absolute atomic E-state index is 13.1. The molecule has 7 nitrogen and oxygen atoms in total. The first-order valence-electron chi connectivity index (χ1n) is 11.6. The number of aryl methyl sites for hydroxylation is 1. The quantitative estimate of drug-likeness (QED) is 0.435. The van der Waals surface area contributed by atoms with Gasteiger partial charge in [-0.2, -0.15) is 4.98 Å². The van der Waals surface area contributed by atoms with Crippen LogP contribution in [0, 0.1) is 18.8 Å². The number of carbonyl (C=O) groups excluding carboxylic acids is 2. The summed E-state index contributed by atoms with van der Waals surface area (Å²) in [4.78, 5) is 32.1. The standard InChI is InChI=1S/C26H24ClN5O2/c1-15-6-8-17(9-7-15)22-14-21(16-10-12-18(27)13-11-16)28-25-29-26(30-32(22)25)31-23(33)19-4-2-3-5-20(19)24(31)34/h2-3,6-13,19-22H,4-5,14H2,1H3,(H,28,29,30)/t19-,20-,21-,22+/m1/s1. The van der Waals surface area contributed by atoms with Crippen LogP contribution in [-0.2, 0) is 9.59 Å². The summed E-state index contributed by atoms with van der Waals surface area (Å²) in [5.41, 5.74) is 3.36. The number of benzene rings is 2. The molecule has 8 heteroatoms. The Hall–Kier alpha value is -3.45. The van der Waals surface area contributed by atoms with Gasteiger partial charge in [0.1, 0.15) is 0 Å². The Kier molecular flexibility index (Phi) is 5.03. The highest BCUT2D eigenvalue weighted by molar-refractivity contribution is 6.30. The number of amides is 2. The molecule has 0 bridgehead atoms. The van der Waals surface area contributed by atoms with Crippen molar-refractivity contribution >= 4 is 35.3 Å². The Bertz CT molecular complexity index is 1270. The summed E-state index contributed by atoms with van der Waals surface area (Å²) in [6.45, 7) is 2.06. The van der Waals surface area contributed by atoms with Gasteiger partial charge in [-0.3, -0.25) is 9.59 Å². The van der Waals surface area contributed by atoms with Crippen LogP contribution in [0.25, 0.3) is 0 Å². The van der Waals surface area contributed by atoms with Crippen LogP contribution in [0.4, 0.5) is 11.9 Å². The molecular formula is C26H24ClN5O2. The van der Waals surface area contributed by atoms with E-state index in [-0.39, 0.29) is 41.7 Å². The number of halogens is 1. The van der Waals surface area contributed by atoms with Gasteiger partial charge in [0.05, 0.1) is 23.9 Å². The summed E-state index contributed by atoms with van der Waals surface area (Å²) in [5.74, 6) is -0.352. The lowest BCUT2D eigenvalue weighted by Crippen LogP contribution is -2.32. The fourth-order valence-electron chi connectivity index (χ4n) is 5.24. The van der Waals surface area contributed by atoms with E-state index in [1.54, 1.807) is 0 Å². The molecule has 3 heterocycles. The van der Waals surface area contributed by atoms with Crippen molar-refractivity contribution in [1.82, 2.24) is 14.8 Å². The second-order valence-corrected chi connectivity index (χ2v) is 9.69. The number of nitrogens with zero attached hydrogens (tertiary/aromatic N) is 4. The predicted octanol–water partition coefficient (Wildman–Crippen LogP) is 4.84. The van der Waals surface area contributed by atoms with E-state index in [9.17, 15) is 9.59 Å². The highest BCUT2D eigenvalue weighted by Crippen LogP contribution is 2.41. The number of hydrogen-bond acceptors (Lipinski definition) is 5. The lowest BCUT2D eigenvalue weighted by atomic mass is 9.85. The lowest BCUT2D eigenvalue weighted by molar-refractivity contribution is -0.122. The molecule has 0 unspecified atom stereocenters. The third-order valence-electron chi connectivity index (χ3n) is 7.12. The minimum Gasteiger partial charge on any atom is -0.347 e. The number of rotatable bonds is 3. The number of aromatic nitrogens is 3. The third-order valence-corrected chi connectivity index (χ3v) is 7.37. The van der Waals surface area contributed by atoms with Gasteiger partial charge in [-0.25, -0.2) is 9.58 Å². The van der Waals surface area contributed by atoms with E-state index in [1.165, 1.54) is 10.5 Å². The highest BCUT2D eigenvalue weighted by atomic mass is 35.5. The van der Waals surface area contributed by atoms with Crippen LogP contribution >= 0.6 is 11.6 Å². The second-order valence-electron chi connectivity index (χ2n) is 9.26. The van der Waals surface area contributed by atoms with Crippen molar-refractivity contribution in [3.05, 3.63) is 82.4 Å². The van der Waals surface area contributed by atoms with Gasteiger partial charge in [-0.05, 0) is 49.4 Å². The van der Waals surface area contributed by atoms with E-state index < -0.39 is 0 Å². The first-order valence-corrected chi connectivity index (χ1v) is 12.0. The Balaban J connectivity index is 1.40. The molecule has 0 spiro atoms. The van der Waals surface area contributed by atoms with E-state index in [2.05, 4.69) is 41.5 Å². The van der Waals surface area contributed by atoms with Crippen molar-refractivity contribution in [2.24, 2.45) is 11.8 Å². The van der Waals surface area contributed by atoms with E-state index in [4.69, 9.17) is 16.7 Å². The first-order chi connectivity index (χ1) is 16.5. The van der Waals surface area contributed by atoms with Crippen LogP contribution in [0.15, 0.2) is 60.7 Å². The molecule has 1 saturated heterocycles. The molecule has 1 N–H and O–H groups in total. The smallest absolute Gasteiger partial charge is 0.260 e. The topological polar surface area (TPSA) is 80.1 Å². The molecule has 2 aliphatic heterocycles. The number of allylic oxidation sites excluding steroid dienone is 2. The van der Waals surface area contributed by atoms with Crippen LogP contribution < -0.4 is 10.2 Å². The Morgan fingerprint density at radius 2 is 1.53 bits per heavy atom. The van der Waals surface area contributed by atoms with Crippen molar-refractivity contribution in [2.75, 3.05) is 10.2 Å². The van der Waals surface area contributed by atoms with Gasteiger partial charge in [-0.1, -0.05) is 65.7 Å². The van der Waals surface area contributed by atoms with Crippen molar-refractivity contribution < 1.29 is 9.59 Å². The van der Waals surface area contributed by atoms with E-state index in [0.717, 1.165) is 17.5 Å². The zero-order valence-electron chi connectivity index (χ0n) is 18.7. The van der Waals surface area contributed by atoms with E-state index in [1.807, 2.05) is 41.1 Å². The molecule has 3 aromatic rings. The van der Waals surface area contributed by atoms with Gasteiger partial charge in [0, 0.05) is 5.02 Å². The molecule has 2 aromatic carbocycles. The number of imide groups is 1. The summed E-state index contributed by atoms with van der Waals surface area (Å²) < 4.78 is 1.81. The van der Waals surface area contributed by atoms with E-state index >= 15 is 0 Å². The Labute approximate surface area is 202 Å². The van der Waals surface area contributed by atoms with Crippen LogP contribution in [-0.4, -0.2) is 26.6 Å². The Morgan fingerprint density at radius 3 is 2.18 bits per heavy atom. The van der Waals surface area contributed by atoms with Gasteiger partial charge in [0.25, 0.3) is 5.95 Å². The largest absolute Gasteiger partial charge is 0.347 e. The molecule has 1 fully saturated rings. The number of fused-ring (bicyclic) bond motifs is 2. The van der Waals surface area contributed by atoms with Crippen LogP contribution in [0.5, 0.6) is 0 Å². The normalized spacial score (nSPS) is 25.8. The zero-order valence-corrected chi connectivity index (χ0v) is 19.4. The van der Waals surface area contributed by atoms with E-state index in [0.29, 0.717) is 23.8 Å². The maximum Gasteiger partial charge on any atom is 0.260 e. The van der Waals surface area contributed by atoms with Crippen molar-refractivity contribution in [3.63, 3.8) is 0 Å². The molecule has 4 atom stereocenters. The fraction of sp³-hybridized carbons (Fsp3) is 0.308. The molecule has 2 amide bonds. The number of carbonyl (C=O) groups is 2. The molecule has 1 aromatic heterocycles. The van der Waals surface area contributed by atoms with Gasteiger partial charge in [0.2, 0.25) is 17.8 Å². The number of anilines is 2. The summed E-state index contributed by atoms with van der Waals surface area (Å²) in [6.07, 6.45) is 5.86. The van der Waals surface area contributed by atoms with Gasteiger partial charge in [0.15, 0.2) is 0 Å². The monoisotopic (exact) mass is 473 g/mol. The van der Waals surface area contributed by atoms with Crippen LogP contribution in [0.2, 0.25) is 5.02 Å². The molecular weight excluding hydrogens is 450 g/mol. The second kappa shape index (κ2) is 8.09. The maximum atomic E-state index is 13.1. The van der Waals surface area contributed by atoms with Crippen molar-refractivity contribution in [2.45, 2.75) is 38.3 Å². The van der Waals surface area contributed by atoms with Crippen LogP contribution in [0.3, 0.4) is 0 Å². The minimum atomic E-state index is -0.319. The Morgan fingerprint density at radius 1 is 0.912 bits per heavy atom. The molecule has 172 valence electrons. The summed E-state index contributed by atoms with van der Waals surface area (Å²) in [5, 5.41) is 8.85. The molecule has 0 radical (unpaired) electrons. The average Bonchev–Trinajstić information content (AvgIpc) is 3.38. The SMILES string of the molecule is Cc1ccc([C@@H]2C[C@H](c3ccc(Cl)cc3)Nc3nc(N4C(=O)[C@@H]5CC=CC[C@H]5C4=O)nn32)cc1. The minimum absolute atomic E-state index is 0.0233. The molecule has 3 aliphatic rings. The predicted molar refractivity (Wildman–Crippen MR) is 130 cm³/mol. The molecule has 0 saturated carbocycles. The molecule has 1 aliphatic carbocycles. The number of hydrogen-bond donors (Lipinski definition) is 1. The van der Waals surface area contributed by atoms with Crippen LogP contribution in [0.1, 0.15) is 48.0 Å². The zero-order chi connectivity index (χ0) is 23.4.